The molecule has 58 heavy (non-hydrogen) atoms. The van der Waals surface area contributed by atoms with Gasteiger partial charge in [-0.05, 0) is 41.2 Å². The summed E-state index contributed by atoms with van der Waals surface area (Å²) >= 11 is 0. The molecule has 1 rings (SSSR count). The number of hydrogen-bond donors (Lipinski definition) is 1. The quantitative estimate of drug-likeness (QED) is 0.0278. The molecule has 1 N–H and O–H groups in total. The zero-order chi connectivity index (χ0) is 45.6. The number of aliphatic hydroxyl groups excluding tert-OH is 1. The number of halogens is 17. The second kappa shape index (κ2) is 19.1. The minimum absolute atomic E-state index is 0.0175. The summed E-state index contributed by atoms with van der Waals surface area (Å²) in [5.74, 6) is -57.3. The molecule has 0 aliphatic heterocycles. The van der Waals surface area contributed by atoms with E-state index in [4.69, 9.17) is 18.6 Å². The Morgan fingerprint density at radius 3 is 1.64 bits per heavy atom. The standard InChI is InChI=1S/C34H41F17O6Si/c1-7-16-56-25(52)10-8-9-24(54-6)26(53)22-11-13-23(14-12-22)55-17-18-57-58(20(2)3,21(4)5)19-15-27(35,36)28(37,38)29(39,40)30(41,42)31(43,44)32(45,46)33(47,48)34(49,50)51/h7-8,10-14,20-21,24,26,53H,1,9,15-19H2,2-6H3/b10-8+/t24-,26-/m0/s1. The molecule has 0 saturated heterocycles. The van der Waals surface area contributed by atoms with E-state index in [2.05, 4.69) is 6.58 Å². The third-order valence-corrected chi connectivity index (χ3v) is 14.8. The summed E-state index contributed by atoms with van der Waals surface area (Å²) in [4.78, 5) is 11.6. The number of carbonyl (C=O) groups is 1. The van der Waals surface area contributed by atoms with Gasteiger partial charge in [0.2, 0.25) is 0 Å². The van der Waals surface area contributed by atoms with E-state index in [9.17, 15) is 84.5 Å². The van der Waals surface area contributed by atoms with Crippen LogP contribution < -0.4 is 4.74 Å². The Morgan fingerprint density at radius 2 is 1.21 bits per heavy atom. The number of methoxy groups -OCH3 is 1. The van der Waals surface area contributed by atoms with Crippen molar-refractivity contribution in [2.45, 2.75) is 118 Å². The van der Waals surface area contributed by atoms with Gasteiger partial charge in [0, 0.05) is 19.6 Å². The largest absolute Gasteiger partial charge is 0.491 e. The van der Waals surface area contributed by atoms with Crippen LogP contribution in [0, 0.1) is 0 Å². The van der Waals surface area contributed by atoms with Crippen LogP contribution in [0.25, 0.3) is 0 Å². The third-order valence-electron chi connectivity index (χ3n) is 9.14. The molecule has 6 nitrogen and oxygen atoms in total. The number of benzene rings is 1. The number of carbonyl (C=O) groups excluding carboxylic acids is 1. The van der Waals surface area contributed by atoms with Crippen LogP contribution in [-0.4, -0.2) is 100 Å². The van der Waals surface area contributed by atoms with Crippen molar-refractivity contribution >= 4 is 14.3 Å². The summed E-state index contributed by atoms with van der Waals surface area (Å²) in [6, 6.07) is 4.24. The average molecular weight is 897 g/mol. The smallest absolute Gasteiger partial charge is 0.460 e. The molecule has 0 unspecified atom stereocenters. The van der Waals surface area contributed by atoms with Crippen LogP contribution in [0.5, 0.6) is 5.75 Å². The molecule has 0 aliphatic rings. The van der Waals surface area contributed by atoms with Crippen molar-refractivity contribution in [2.24, 2.45) is 0 Å². The first-order valence-electron chi connectivity index (χ1n) is 16.8. The van der Waals surface area contributed by atoms with E-state index in [1.165, 1.54) is 71.2 Å². The molecule has 0 aliphatic carbocycles. The summed E-state index contributed by atoms with van der Waals surface area (Å²) in [5.41, 5.74) is -1.41. The molecule has 0 fully saturated rings. The van der Waals surface area contributed by atoms with E-state index in [-0.39, 0.29) is 18.8 Å². The Balaban J connectivity index is 3.18. The van der Waals surface area contributed by atoms with Gasteiger partial charge in [-0.3, -0.25) is 0 Å². The number of hydrogen-bond acceptors (Lipinski definition) is 6. The van der Waals surface area contributed by atoms with Gasteiger partial charge in [-0.15, -0.1) is 0 Å². The van der Waals surface area contributed by atoms with Crippen LogP contribution in [0.2, 0.25) is 17.1 Å². The maximum absolute atomic E-state index is 14.9. The van der Waals surface area contributed by atoms with Crippen molar-refractivity contribution in [1.82, 2.24) is 0 Å². The zero-order valence-electron chi connectivity index (χ0n) is 31.2. The molecule has 24 heteroatoms. The molecule has 1 aromatic carbocycles. The van der Waals surface area contributed by atoms with Gasteiger partial charge in [-0.25, -0.2) is 4.79 Å². The molecule has 0 bridgehead atoms. The average Bonchev–Trinajstić information content (AvgIpc) is 3.10. The van der Waals surface area contributed by atoms with Gasteiger partial charge in [-0.1, -0.05) is 58.6 Å². The second-order valence-electron chi connectivity index (χ2n) is 13.5. The number of rotatable bonds is 24. The Bertz CT molecular complexity index is 1510. The van der Waals surface area contributed by atoms with Gasteiger partial charge in [0.05, 0.1) is 12.7 Å². The van der Waals surface area contributed by atoms with Crippen molar-refractivity contribution in [3.63, 3.8) is 0 Å². The summed E-state index contributed by atoms with van der Waals surface area (Å²) in [7, 11) is -2.66. The molecule has 0 saturated carbocycles. The highest BCUT2D eigenvalue weighted by atomic mass is 28.4. The van der Waals surface area contributed by atoms with Crippen molar-refractivity contribution in [3.8, 4) is 5.75 Å². The molecule has 0 heterocycles. The number of aliphatic hydroxyl groups is 1. The van der Waals surface area contributed by atoms with Crippen molar-refractivity contribution in [2.75, 3.05) is 26.9 Å². The maximum atomic E-state index is 14.9. The topological polar surface area (TPSA) is 74.2 Å². The van der Waals surface area contributed by atoms with Crippen LogP contribution in [-0.2, 0) is 18.7 Å². The monoisotopic (exact) mass is 896 g/mol. The van der Waals surface area contributed by atoms with Crippen molar-refractivity contribution in [1.29, 1.82) is 0 Å². The lowest BCUT2D eigenvalue weighted by Crippen LogP contribution is -2.74. The normalized spacial score (nSPS) is 15.6. The van der Waals surface area contributed by atoms with E-state index in [0.717, 1.165) is 6.08 Å². The molecule has 0 amide bonds. The highest BCUT2D eigenvalue weighted by molar-refractivity contribution is 6.76. The van der Waals surface area contributed by atoms with Crippen molar-refractivity contribution < 1.29 is 103 Å². The van der Waals surface area contributed by atoms with Crippen LogP contribution >= 0.6 is 0 Å². The first-order chi connectivity index (χ1) is 26.1. The van der Waals surface area contributed by atoms with E-state index in [1.54, 1.807) is 0 Å². The molecule has 0 aromatic heterocycles. The molecule has 0 radical (unpaired) electrons. The minimum atomic E-state index is -8.69. The zero-order valence-corrected chi connectivity index (χ0v) is 32.2. The molecule has 2 atom stereocenters. The van der Waals surface area contributed by atoms with Gasteiger partial charge >= 0.3 is 53.6 Å². The second-order valence-corrected chi connectivity index (χ2v) is 18.5. The lowest BCUT2D eigenvalue weighted by Gasteiger charge is -2.44. The number of esters is 1. The molecule has 336 valence electrons. The Morgan fingerprint density at radius 1 is 0.741 bits per heavy atom. The van der Waals surface area contributed by atoms with Crippen molar-refractivity contribution in [3.05, 3.63) is 54.6 Å². The van der Waals surface area contributed by atoms with Crippen LogP contribution in [0.1, 0.15) is 52.2 Å². The lowest BCUT2D eigenvalue weighted by atomic mass is 9.88. The SMILES string of the molecule is C=CCOC(=O)/C=C/C[C@H](OC)[C@@H](O)c1ccc(OCCO[Si](CCC(F)(F)C(F)(F)C(F)(F)C(F)(F)C(F)(F)C(F)(F)C(F)(F)C(F)(F)F)(C(C)C)C(C)C)cc1. The van der Waals surface area contributed by atoms with E-state index < -0.39 is 111 Å². The fourth-order valence-electron chi connectivity index (χ4n) is 5.56. The fourth-order valence-corrected chi connectivity index (χ4v) is 10.0. The molecule has 1 aromatic rings. The summed E-state index contributed by atoms with van der Waals surface area (Å²) < 4.78 is 256. The fraction of sp³-hybridized carbons (Fsp3) is 0.676. The van der Waals surface area contributed by atoms with Gasteiger partial charge in [0.1, 0.15) is 25.1 Å². The maximum Gasteiger partial charge on any atom is 0.460 e. The summed E-state index contributed by atoms with van der Waals surface area (Å²) in [5, 5.41) is 10.7. The van der Waals surface area contributed by atoms with Gasteiger partial charge in [-0.2, -0.15) is 74.6 Å². The Hall–Kier alpha value is -3.12. The van der Waals surface area contributed by atoms with E-state index >= 15 is 0 Å². The number of ether oxygens (including phenoxy) is 3. The van der Waals surface area contributed by atoms with Gasteiger partial charge < -0.3 is 23.7 Å². The summed E-state index contributed by atoms with van der Waals surface area (Å²) in [6.07, 6.45) is -8.46. The van der Waals surface area contributed by atoms with Crippen LogP contribution in [0.3, 0.4) is 0 Å². The first-order valence-corrected chi connectivity index (χ1v) is 19.1. The predicted molar refractivity (Wildman–Crippen MR) is 175 cm³/mol. The van der Waals surface area contributed by atoms with Crippen LogP contribution in [0.4, 0.5) is 74.6 Å². The predicted octanol–water partition coefficient (Wildman–Crippen LogP) is 11.0. The van der Waals surface area contributed by atoms with E-state index in [0.29, 0.717) is 5.56 Å². The van der Waals surface area contributed by atoms with E-state index in [1.807, 2.05) is 0 Å². The highest BCUT2D eigenvalue weighted by Crippen LogP contribution is 2.64. The molecule has 0 spiro atoms. The van der Waals surface area contributed by atoms with Gasteiger partial charge in [0.15, 0.2) is 8.32 Å². The molecular formula is C34H41F17O6Si. The van der Waals surface area contributed by atoms with Crippen LogP contribution in [0.15, 0.2) is 49.1 Å². The third kappa shape index (κ3) is 10.4. The lowest BCUT2D eigenvalue weighted by molar-refractivity contribution is -0.461. The minimum Gasteiger partial charge on any atom is -0.491 e. The van der Waals surface area contributed by atoms with Gasteiger partial charge in [0.25, 0.3) is 0 Å². The highest BCUT2D eigenvalue weighted by Gasteiger charge is 2.95. The number of alkyl halides is 17. The Kier molecular flexibility index (Phi) is 17.4. The first kappa shape index (κ1) is 52.9. The summed E-state index contributed by atoms with van der Waals surface area (Å²) in [6.45, 7) is 7.74. The Labute approximate surface area is 322 Å². The molecular weight excluding hydrogens is 855 g/mol.